The highest BCUT2D eigenvalue weighted by molar-refractivity contribution is 7.89. The maximum absolute atomic E-state index is 12.3. The van der Waals surface area contributed by atoms with E-state index in [9.17, 15) is 8.42 Å². The Hall–Kier alpha value is -0.910. The molecule has 1 aromatic carbocycles. The van der Waals surface area contributed by atoms with Crippen LogP contribution in [0.25, 0.3) is 0 Å². The van der Waals surface area contributed by atoms with Crippen molar-refractivity contribution in [3.8, 4) is 0 Å². The fraction of sp³-hybridized carbons (Fsp3) is 0.625. The second-order valence-corrected chi connectivity index (χ2v) is 8.78. The van der Waals surface area contributed by atoms with E-state index in [0.29, 0.717) is 24.0 Å². The van der Waals surface area contributed by atoms with E-state index in [2.05, 4.69) is 23.9 Å². The van der Waals surface area contributed by atoms with Crippen molar-refractivity contribution >= 4 is 10.0 Å². The lowest BCUT2D eigenvalue weighted by Gasteiger charge is -2.19. The molecule has 0 aliphatic carbocycles. The van der Waals surface area contributed by atoms with Crippen LogP contribution >= 0.6 is 0 Å². The molecular formula is C16H28N2O2S. The molecule has 0 atom stereocenters. The quantitative estimate of drug-likeness (QED) is 0.849. The van der Waals surface area contributed by atoms with E-state index in [-0.39, 0.29) is 5.41 Å². The van der Waals surface area contributed by atoms with Gasteiger partial charge in [-0.1, -0.05) is 40.7 Å². The van der Waals surface area contributed by atoms with E-state index >= 15 is 0 Å². The third kappa shape index (κ3) is 6.16. The minimum Gasteiger partial charge on any atom is -0.310 e. The van der Waals surface area contributed by atoms with Gasteiger partial charge in [-0.2, -0.15) is 0 Å². The zero-order chi connectivity index (χ0) is 16.3. The maximum atomic E-state index is 12.3. The van der Waals surface area contributed by atoms with Gasteiger partial charge in [0.25, 0.3) is 0 Å². The molecule has 0 fully saturated rings. The fourth-order valence-electron chi connectivity index (χ4n) is 1.71. The predicted octanol–water partition coefficient (Wildman–Crippen LogP) is 2.82. The van der Waals surface area contributed by atoms with Gasteiger partial charge in [-0.3, -0.25) is 0 Å². The van der Waals surface area contributed by atoms with E-state index in [4.69, 9.17) is 0 Å². The molecule has 0 aliphatic heterocycles. The minimum absolute atomic E-state index is 0.0835. The van der Waals surface area contributed by atoms with Gasteiger partial charge in [0, 0.05) is 19.1 Å². The Balaban J connectivity index is 2.94. The smallest absolute Gasteiger partial charge is 0.240 e. The first-order valence-electron chi connectivity index (χ1n) is 7.34. The molecule has 1 aromatic rings. The topological polar surface area (TPSA) is 58.2 Å². The molecule has 0 heterocycles. The van der Waals surface area contributed by atoms with Crippen LogP contribution in [0.4, 0.5) is 0 Å². The van der Waals surface area contributed by atoms with Crippen molar-refractivity contribution in [1.82, 2.24) is 10.0 Å². The molecule has 2 N–H and O–H groups in total. The van der Waals surface area contributed by atoms with E-state index < -0.39 is 10.0 Å². The monoisotopic (exact) mass is 312 g/mol. The first-order chi connectivity index (χ1) is 9.51. The molecule has 5 heteroatoms. The summed E-state index contributed by atoms with van der Waals surface area (Å²) in [6, 6.07) is 5.65. The molecule has 0 saturated carbocycles. The van der Waals surface area contributed by atoms with Crippen molar-refractivity contribution in [2.24, 2.45) is 5.41 Å². The zero-order valence-electron chi connectivity index (χ0n) is 13.9. The van der Waals surface area contributed by atoms with Crippen molar-refractivity contribution in [2.75, 3.05) is 6.54 Å². The molecule has 21 heavy (non-hydrogen) atoms. The Bertz CT molecular complexity index is 572. The van der Waals surface area contributed by atoms with Gasteiger partial charge < -0.3 is 5.32 Å². The molecule has 0 amide bonds. The number of sulfonamides is 1. The van der Waals surface area contributed by atoms with E-state index in [1.54, 1.807) is 12.1 Å². The molecule has 0 saturated heterocycles. The standard InChI is InChI=1S/C16H28N2O2S/c1-12(2)17-10-14-9-15(8-7-13(14)3)21(19,20)18-11-16(4,5)6/h7-9,12,17-18H,10-11H2,1-6H3. The van der Waals surface area contributed by atoms with Gasteiger partial charge in [0.2, 0.25) is 10.0 Å². The van der Waals surface area contributed by atoms with Gasteiger partial charge in [-0.05, 0) is 35.6 Å². The van der Waals surface area contributed by atoms with Crippen LogP contribution in [0.5, 0.6) is 0 Å². The molecule has 0 aliphatic rings. The largest absolute Gasteiger partial charge is 0.310 e. The van der Waals surface area contributed by atoms with Crippen LogP contribution in [0.2, 0.25) is 0 Å². The van der Waals surface area contributed by atoms with Gasteiger partial charge in [0.1, 0.15) is 0 Å². The summed E-state index contributed by atoms with van der Waals surface area (Å²) in [6.45, 7) is 13.2. The SMILES string of the molecule is Cc1ccc(S(=O)(=O)NCC(C)(C)C)cc1CNC(C)C. The summed E-state index contributed by atoms with van der Waals surface area (Å²) in [6.07, 6.45) is 0. The van der Waals surface area contributed by atoms with Crippen molar-refractivity contribution in [1.29, 1.82) is 0 Å². The lowest BCUT2D eigenvalue weighted by Crippen LogP contribution is -2.32. The van der Waals surface area contributed by atoms with Crippen LogP contribution in [-0.2, 0) is 16.6 Å². The molecule has 4 nitrogen and oxygen atoms in total. The Morgan fingerprint density at radius 3 is 2.33 bits per heavy atom. The van der Waals surface area contributed by atoms with Crippen LogP contribution < -0.4 is 10.0 Å². The number of benzene rings is 1. The summed E-state index contributed by atoms with van der Waals surface area (Å²) in [5.74, 6) is 0. The third-order valence-electron chi connectivity index (χ3n) is 3.12. The molecule has 0 aromatic heterocycles. The summed E-state index contributed by atoms with van der Waals surface area (Å²) in [5.41, 5.74) is 2.03. The van der Waals surface area contributed by atoms with Crippen LogP contribution in [0.15, 0.2) is 23.1 Å². The van der Waals surface area contributed by atoms with Gasteiger partial charge >= 0.3 is 0 Å². The highest BCUT2D eigenvalue weighted by Crippen LogP contribution is 2.17. The van der Waals surface area contributed by atoms with Crippen LogP contribution in [-0.4, -0.2) is 21.0 Å². The first kappa shape index (κ1) is 18.1. The molecule has 0 radical (unpaired) electrons. The highest BCUT2D eigenvalue weighted by Gasteiger charge is 2.19. The van der Waals surface area contributed by atoms with Crippen molar-refractivity contribution in [3.63, 3.8) is 0 Å². The minimum atomic E-state index is -3.45. The average Bonchev–Trinajstić information content (AvgIpc) is 2.34. The summed E-state index contributed by atoms with van der Waals surface area (Å²) >= 11 is 0. The molecular weight excluding hydrogens is 284 g/mol. The fourth-order valence-corrected chi connectivity index (χ4v) is 3.05. The second-order valence-electron chi connectivity index (χ2n) is 7.01. The predicted molar refractivity (Wildman–Crippen MR) is 87.8 cm³/mol. The second kappa shape index (κ2) is 6.90. The van der Waals surface area contributed by atoms with Crippen molar-refractivity contribution in [2.45, 2.75) is 59.0 Å². The van der Waals surface area contributed by atoms with Crippen molar-refractivity contribution < 1.29 is 8.42 Å². The normalized spacial score (nSPS) is 12.9. The number of nitrogens with one attached hydrogen (secondary N) is 2. The lowest BCUT2D eigenvalue weighted by atomic mass is 9.98. The summed E-state index contributed by atoms with van der Waals surface area (Å²) in [5, 5.41) is 3.32. The average molecular weight is 312 g/mol. The molecule has 0 unspecified atom stereocenters. The third-order valence-corrected chi connectivity index (χ3v) is 4.52. The van der Waals surface area contributed by atoms with Gasteiger partial charge in [0.05, 0.1) is 4.90 Å². The maximum Gasteiger partial charge on any atom is 0.240 e. The van der Waals surface area contributed by atoms with Gasteiger partial charge in [0.15, 0.2) is 0 Å². The molecule has 0 bridgehead atoms. The Kier molecular flexibility index (Phi) is 5.96. The van der Waals surface area contributed by atoms with E-state index in [0.717, 1.165) is 11.1 Å². The summed E-state index contributed by atoms with van der Waals surface area (Å²) < 4.78 is 27.4. The Morgan fingerprint density at radius 2 is 1.81 bits per heavy atom. The number of aryl methyl sites for hydroxylation is 1. The number of hydrogen-bond donors (Lipinski definition) is 2. The highest BCUT2D eigenvalue weighted by atomic mass is 32.2. The van der Waals surface area contributed by atoms with Crippen LogP contribution in [0.3, 0.4) is 0 Å². The lowest BCUT2D eigenvalue weighted by molar-refractivity contribution is 0.407. The van der Waals surface area contributed by atoms with E-state index in [1.807, 2.05) is 33.8 Å². The van der Waals surface area contributed by atoms with Crippen LogP contribution in [0, 0.1) is 12.3 Å². The Morgan fingerprint density at radius 1 is 1.19 bits per heavy atom. The van der Waals surface area contributed by atoms with Crippen LogP contribution in [0.1, 0.15) is 45.7 Å². The summed E-state index contributed by atoms with van der Waals surface area (Å²) in [4.78, 5) is 0.331. The number of rotatable bonds is 6. The van der Waals surface area contributed by atoms with Gasteiger partial charge in [-0.15, -0.1) is 0 Å². The first-order valence-corrected chi connectivity index (χ1v) is 8.82. The molecule has 1 rings (SSSR count). The van der Waals surface area contributed by atoms with Gasteiger partial charge in [-0.25, -0.2) is 13.1 Å². The summed E-state index contributed by atoms with van der Waals surface area (Å²) in [7, 11) is -3.45. The molecule has 120 valence electrons. The van der Waals surface area contributed by atoms with Crippen molar-refractivity contribution in [3.05, 3.63) is 29.3 Å². The number of hydrogen-bond acceptors (Lipinski definition) is 3. The molecule has 0 spiro atoms. The Labute approximate surface area is 129 Å². The van der Waals surface area contributed by atoms with E-state index in [1.165, 1.54) is 0 Å². The zero-order valence-corrected chi connectivity index (χ0v) is 14.8.